The van der Waals surface area contributed by atoms with Gasteiger partial charge in [0.1, 0.15) is 0 Å². The molecule has 20 heavy (non-hydrogen) atoms. The van der Waals surface area contributed by atoms with E-state index in [9.17, 15) is 13.2 Å². The fourth-order valence-corrected chi connectivity index (χ4v) is 2.38. The minimum absolute atomic E-state index is 0.0270. The molecular formula is C12H27N3O4S. The smallest absolute Gasteiger partial charge is 0.304 e. The van der Waals surface area contributed by atoms with Crippen molar-refractivity contribution in [3.63, 3.8) is 0 Å². The van der Waals surface area contributed by atoms with Crippen LogP contribution in [0.3, 0.4) is 0 Å². The maximum atomic E-state index is 11.8. The SMILES string of the molecule is CC(C)N(C)CCCCNS(=O)(=O)N(C)CCC(=O)O. The highest BCUT2D eigenvalue weighted by Crippen LogP contribution is 1.99. The molecule has 0 atom stereocenters. The number of carboxylic acids is 1. The number of carbonyl (C=O) groups is 1. The molecule has 0 bridgehead atoms. The summed E-state index contributed by atoms with van der Waals surface area (Å²) < 4.78 is 27.0. The monoisotopic (exact) mass is 309 g/mol. The second-order valence-corrected chi connectivity index (χ2v) is 7.01. The van der Waals surface area contributed by atoms with Crippen LogP contribution >= 0.6 is 0 Å². The number of hydrogen-bond acceptors (Lipinski definition) is 4. The van der Waals surface area contributed by atoms with Gasteiger partial charge in [0.25, 0.3) is 10.2 Å². The van der Waals surface area contributed by atoms with Crippen molar-refractivity contribution in [3.8, 4) is 0 Å². The molecule has 0 amide bonds. The average molecular weight is 309 g/mol. The second-order valence-electron chi connectivity index (χ2n) is 5.15. The Morgan fingerprint density at radius 1 is 1.20 bits per heavy atom. The molecule has 8 heteroatoms. The van der Waals surface area contributed by atoms with Gasteiger partial charge in [0.15, 0.2) is 0 Å². The lowest BCUT2D eigenvalue weighted by Gasteiger charge is -2.21. The van der Waals surface area contributed by atoms with Gasteiger partial charge in [-0.1, -0.05) is 0 Å². The first-order valence-electron chi connectivity index (χ1n) is 6.79. The summed E-state index contributed by atoms with van der Waals surface area (Å²) in [6.45, 7) is 5.49. The van der Waals surface area contributed by atoms with E-state index >= 15 is 0 Å². The van der Waals surface area contributed by atoms with E-state index in [0.29, 0.717) is 12.6 Å². The van der Waals surface area contributed by atoms with E-state index in [-0.39, 0.29) is 13.0 Å². The number of nitrogens with zero attached hydrogens (tertiary/aromatic N) is 2. The zero-order valence-corrected chi connectivity index (χ0v) is 13.6. The normalized spacial score (nSPS) is 12.6. The molecular weight excluding hydrogens is 282 g/mol. The quantitative estimate of drug-likeness (QED) is 0.537. The zero-order chi connectivity index (χ0) is 15.8. The summed E-state index contributed by atoms with van der Waals surface area (Å²) in [5, 5.41) is 8.52. The van der Waals surface area contributed by atoms with Gasteiger partial charge in [-0.2, -0.15) is 12.7 Å². The van der Waals surface area contributed by atoms with Crippen molar-refractivity contribution in [2.75, 3.05) is 33.7 Å². The molecule has 0 radical (unpaired) electrons. The Kier molecular flexibility index (Phi) is 8.95. The first-order valence-corrected chi connectivity index (χ1v) is 8.23. The number of unbranched alkanes of at least 4 members (excludes halogenated alkanes) is 1. The molecule has 0 aliphatic heterocycles. The average Bonchev–Trinajstić information content (AvgIpc) is 2.34. The first kappa shape index (κ1) is 19.3. The van der Waals surface area contributed by atoms with Gasteiger partial charge < -0.3 is 10.0 Å². The summed E-state index contributed by atoms with van der Waals surface area (Å²) in [6.07, 6.45) is 1.47. The summed E-state index contributed by atoms with van der Waals surface area (Å²) in [7, 11) is -0.158. The number of carboxylic acid groups (broad SMARTS) is 1. The highest BCUT2D eigenvalue weighted by Gasteiger charge is 2.17. The lowest BCUT2D eigenvalue weighted by Crippen LogP contribution is -2.39. The van der Waals surface area contributed by atoms with Crippen LogP contribution in [-0.4, -0.2) is 68.5 Å². The van der Waals surface area contributed by atoms with Crippen LogP contribution in [0.5, 0.6) is 0 Å². The largest absolute Gasteiger partial charge is 0.481 e. The Morgan fingerprint density at radius 2 is 1.80 bits per heavy atom. The summed E-state index contributed by atoms with van der Waals surface area (Å²) in [5.41, 5.74) is 0. The molecule has 120 valence electrons. The number of aliphatic carboxylic acids is 1. The van der Waals surface area contributed by atoms with Gasteiger partial charge in [-0.05, 0) is 40.3 Å². The molecule has 0 rings (SSSR count). The van der Waals surface area contributed by atoms with Crippen LogP contribution in [0.4, 0.5) is 0 Å². The minimum atomic E-state index is -3.57. The van der Waals surface area contributed by atoms with Crippen LogP contribution in [0.15, 0.2) is 0 Å². The molecule has 0 aromatic carbocycles. The van der Waals surface area contributed by atoms with Crippen molar-refractivity contribution in [1.29, 1.82) is 0 Å². The fourth-order valence-electron chi connectivity index (χ4n) is 1.43. The molecule has 0 saturated heterocycles. The predicted molar refractivity (Wildman–Crippen MR) is 78.8 cm³/mol. The molecule has 0 aliphatic carbocycles. The fraction of sp³-hybridized carbons (Fsp3) is 0.917. The van der Waals surface area contributed by atoms with Crippen LogP contribution in [-0.2, 0) is 15.0 Å². The van der Waals surface area contributed by atoms with Crippen LogP contribution in [0.1, 0.15) is 33.1 Å². The van der Waals surface area contributed by atoms with E-state index < -0.39 is 16.2 Å². The second kappa shape index (κ2) is 9.28. The zero-order valence-electron chi connectivity index (χ0n) is 12.8. The Hall–Kier alpha value is -0.700. The summed E-state index contributed by atoms with van der Waals surface area (Å²) in [6, 6.07) is 0.480. The maximum absolute atomic E-state index is 11.8. The van der Waals surface area contributed by atoms with Gasteiger partial charge in [0, 0.05) is 26.2 Å². The summed E-state index contributed by atoms with van der Waals surface area (Å²) in [5.74, 6) is -1.01. The Morgan fingerprint density at radius 3 is 2.30 bits per heavy atom. The number of nitrogens with one attached hydrogen (secondary N) is 1. The molecule has 0 spiro atoms. The third kappa shape index (κ3) is 8.47. The van der Waals surface area contributed by atoms with Crippen LogP contribution in [0.25, 0.3) is 0 Å². The predicted octanol–water partition coefficient (Wildman–Crippen LogP) is 0.348. The molecule has 0 unspecified atom stereocenters. The molecule has 0 heterocycles. The van der Waals surface area contributed by atoms with Gasteiger partial charge in [0.05, 0.1) is 6.42 Å². The molecule has 0 aromatic rings. The van der Waals surface area contributed by atoms with Gasteiger partial charge in [-0.25, -0.2) is 4.72 Å². The Balaban J connectivity index is 3.90. The van der Waals surface area contributed by atoms with E-state index in [1.807, 2.05) is 7.05 Å². The van der Waals surface area contributed by atoms with Crippen LogP contribution in [0.2, 0.25) is 0 Å². The molecule has 2 N–H and O–H groups in total. The van der Waals surface area contributed by atoms with E-state index in [1.54, 1.807) is 0 Å². The van der Waals surface area contributed by atoms with Crippen LogP contribution in [0, 0.1) is 0 Å². The summed E-state index contributed by atoms with van der Waals surface area (Å²) >= 11 is 0. The van der Waals surface area contributed by atoms with Crippen molar-refractivity contribution in [3.05, 3.63) is 0 Å². The van der Waals surface area contributed by atoms with Gasteiger partial charge in [-0.15, -0.1) is 0 Å². The van der Waals surface area contributed by atoms with Gasteiger partial charge in [-0.3, -0.25) is 4.79 Å². The summed E-state index contributed by atoms with van der Waals surface area (Å²) in [4.78, 5) is 12.6. The Bertz CT molecular complexity index is 384. The highest BCUT2D eigenvalue weighted by molar-refractivity contribution is 7.87. The molecule has 0 aliphatic rings. The lowest BCUT2D eigenvalue weighted by atomic mass is 10.2. The van der Waals surface area contributed by atoms with E-state index in [0.717, 1.165) is 23.7 Å². The highest BCUT2D eigenvalue weighted by atomic mass is 32.2. The molecule has 7 nitrogen and oxygen atoms in total. The Labute approximate surface area is 122 Å². The van der Waals surface area contributed by atoms with E-state index in [2.05, 4.69) is 23.5 Å². The standard InChI is InChI=1S/C12H27N3O4S/c1-11(2)14(3)9-6-5-8-13-20(18,19)15(4)10-7-12(16)17/h11,13H,5-10H2,1-4H3,(H,16,17). The minimum Gasteiger partial charge on any atom is -0.481 e. The van der Waals surface area contributed by atoms with Crippen LogP contribution < -0.4 is 4.72 Å². The third-order valence-corrected chi connectivity index (χ3v) is 4.73. The van der Waals surface area contributed by atoms with Crippen molar-refractivity contribution < 1.29 is 18.3 Å². The third-order valence-electron chi connectivity index (χ3n) is 3.15. The van der Waals surface area contributed by atoms with Gasteiger partial charge in [0.2, 0.25) is 0 Å². The van der Waals surface area contributed by atoms with Gasteiger partial charge >= 0.3 is 5.97 Å². The van der Waals surface area contributed by atoms with Crippen molar-refractivity contribution in [2.24, 2.45) is 0 Å². The number of rotatable bonds is 11. The van der Waals surface area contributed by atoms with Crippen molar-refractivity contribution in [2.45, 2.75) is 39.2 Å². The molecule has 0 aromatic heterocycles. The lowest BCUT2D eigenvalue weighted by molar-refractivity contribution is -0.137. The number of hydrogen-bond donors (Lipinski definition) is 2. The van der Waals surface area contributed by atoms with Crippen molar-refractivity contribution >= 4 is 16.2 Å². The van der Waals surface area contributed by atoms with E-state index in [4.69, 9.17) is 5.11 Å². The van der Waals surface area contributed by atoms with E-state index in [1.165, 1.54) is 7.05 Å². The molecule has 0 fully saturated rings. The topological polar surface area (TPSA) is 90.0 Å². The van der Waals surface area contributed by atoms with Crippen molar-refractivity contribution in [1.82, 2.24) is 13.9 Å². The first-order chi connectivity index (χ1) is 9.16. The maximum Gasteiger partial charge on any atom is 0.304 e. The molecule has 0 saturated carbocycles.